The van der Waals surface area contributed by atoms with Gasteiger partial charge in [-0.1, -0.05) is 28.1 Å². The Labute approximate surface area is 97.7 Å². The summed E-state index contributed by atoms with van der Waals surface area (Å²) in [7, 11) is -3.02. The maximum atomic E-state index is 11.4. The van der Waals surface area contributed by atoms with Crippen LogP contribution in [0.4, 0.5) is 0 Å². The van der Waals surface area contributed by atoms with Gasteiger partial charge >= 0.3 is 0 Å². The van der Waals surface area contributed by atoms with Gasteiger partial charge in [0.05, 0.1) is 5.25 Å². The summed E-state index contributed by atoms with van der Waals surface area (Å²) in [4.78, 5) is 0. The zero-order valence-corrected chi connectivity index (χ0v) is 10.6. The largest absolute Gasteiger partial charge is 0.326 e. The van der Waals surface area contributed by atoms with Crippen LogP contribution in [0.3, 0.4) is 0 Å². The predicted octanol–water partition coefficient (Wildman–Crippen LogP) is 1.29. The van der Waals surface area contributed by atoms with Gasteiger partial charge in [-0.2, -0.15) is 0 Å². The minimum absolute atomic E-state index is 0.0342. The van der Waals surface area contributed by atoms with Gasteiger partial charge in [0, 0.05) is 22.7 Å². The molecular formula is C10H12BrNO2S. The molecule has 0 bridgehead atoms. The molecule has 1 aliphatic carbocycles. The summed E-state index contributed by atoms with van der Waals surface area (Å²) >= 11 is 3.34. The Kier molecular flexibility index (Phi) is 2.65. The third-order valence-corrected chi connectivity index (χ3v) is 4.88. The van der Waals surface area contributed by atoms with E-state index in [0.717, 1.165) is 10.0 Å². The molecule has 5 heteroatoms. The SMILES string of the molecule is CS(=O)(=O)C1C(N)C1c1ccc(Br)cc1. The van der Waals surface area contributed by atoms with E-state index >= 15 is 0 Å². The first-order chi connectivity index (χ1) is 6.91. The van der Waals surface area contributed by atoms with Gasteiger partial charge in [0.25, 0.3) is 0 Å². The fourth-order valence-corrected chi connectivity index (χ4v) is 3.74. The van der Waals surface area contributed by atoms with Crippen molar-refractivity contribution in [2.75, 3.05) is 6.26 Å². The molecule has 3 atom stereocenters. The summed E-state index contributed by atoms with van der Waals surface area (Å²) in [6.07, 6.45) is 1.25. The third-order valence-electron chi connectivity index (χ3n) is 2.76. The lowest BCUT2D eigenvalue weighted by molar-refractivity contribution is 0.599. The van der Waals surface area contributed by atoms with Crippen LogP contribution in [0.25, 0.3) is 0 Å². The molecule has 2 N–H and O–H groups in total. The minimum atomic E-state index is -3.02. The van der Waals surface area contributed by atoms with Crippen LogP contribution in [0.15, 0.2) is 28.7 Å². The van der Waals surface area contributed by atoms with Crippen LogP contribution in [0.1, 0.15) is 11.5 Å². The standard InChI is InChI=1S/C10H12BrNO2S/c1-15(13,14)10-8(9(10)12)6-2-4-7(11)5-3-6/h2-5,8-10H,12H2,1H3. The zero-order chi connectivity index (χ0) is 11.2. The fourth-order valence-electron chi connectivity index (χ4n) is 1.95. The van der Waals surface area contributed by atoms with Gasteiger partial charge in [-0.25, -0.2) is 8.42 Å². The predicted molar refractivity (Wildman–Crippen MR) is 63.5 cm³/mol. The summed E-state index contributed by atoms with van der Waals surface area (Å²) in [6, 6.07) is 7.39. The number of halogens is 1. The maximum Gasteiger partial charge on any atom is 0.152 e. The summed E-state index contributed by atoms with van der Waals surface area (Å²) in [5, 5.41) is -0.404. The Morgan fingerprint density at radius 3 is 2.20 bits per heavy atom. The van der Waals surface area contributed by atoms with Crippen LogP contribution in [0.5, 0.6) is 0 Å². The molecule has 1 fully saturated rings. The number of benzene rings is 1. The van der Waals surface area contributed by atoms with Crippen molar-refractivity contribution in [2.45, 2.75) is 17.2 Å². The monoisotopic (exact) mass is 289 g/mol. The Morgan fingerprint density at radius 1 is 1.27 bits per heavy atom. The minimum Gasteiger partial charge on any atom is -0.326 e. The van der Waals surface area contributed by atoms with E-state index in [1.54, 1.807) is 0 Å². The number of sulfone groups is 1. The van der Waals surface area contributed by atoms with Crippen LogP contribution < -0.4 is 5.73 Å². The van der Waals surface area contributed by atoms with E-state index in [-0.39, 0.29) is 12.0 Å². The summed E-state index contributed by atoms with van der Waals surface area (Å²) in [5.41, 5.74) is 6.78. The van der Waals surface area contributed by atoms with Crippen LogP contribution in [-0.4, -0.2) is 26.0 Å². The first-order valence-corrected chi connectivity index (χ1v) is 7.36. The van der Waals surface area contributed by atoms with E-state index in [1.165, 1.54) is 6.26 Å². The first-order valence-electron chi connectivity index (χ1n) is 4.61. The van der Waals surface area contributed by atoms with Crippen molar-refractivity contribution in [2.24, 2.45) is 5.73 Å². The van der Waals surface area contributed by atoms with Crippen LogP contribution in [-0.2, 0) is 9.84 Å². The fraction of sp³-hybridized carbons (Fsp3) is 0.400. The summed E-state index contributed by atoms with van der Waals surface area (Å²) < 4.78 is 23.7. The van der Waals surface area contributed by atoms with E-state index in [4.69, 9.17) is 5.73 Å². The highest BCUT2D eigenvalue weighted by Gasteiger charge is 2.54. The Bertz CT molecular complexity index is 469. The van der Waals surface area contributed by atoms with Crippen molar-refractivity contribution in [1.82, 2.24) is 0 Å². The lowest BCUT2D eigenvalue weighted by Gasteiger charge is -1.98. The molecule has 1 aromatic carbocycles. The van der Waals surface area contributed by atoms with Crippen LogP contribution in [0.2, 0.25) is 0 Å². The lowest BCUT2D eigenvalue weighted by atomic mass is 10.1. The summed E-state index contributed by atoms with van der Waals surface area (Å²) in [5.74, 6) is -0.0342. The molecule has 0 saturated heterocycles. The van der Waals surface area contributed by atoms with Gasteiger partial charge in [0.2, 0.25) is 0 Å². The Balaban J connectivity index is 2.26. The van der Waals surface area contributed by atoms with E-state index in [1.807, 2.05) is 24.3 Å². The molecule has 15 heavy (non-hydrogen) atoms. The van der Waals surface area contributed by atoms with E-state index in [2.05, 4.69) is 15.9 Å². The second kappa shape index (κ2) is 3.57. The molecule has 0 spiro atoms. The molecule has 0 heterocycles. The molecule has 1 aliphatic rings. The molecule has 0 radical (unpaired) electrons. The van der Waals surface area contributed by atoms with Crippen molar-refractivity contribution >= 4 is 25.8 Å². The maximum absolute atomic E-state index is 11.4. The molecule has 1 aromatic rings. The molecule has 3 nitrogen and oxygen atoms in total. The third kappa shape index (κ3) is 2.09. The topological polar surface area (TPSA) is 60.2 Å². The molecule has 1 saturated carbocycles. The summed E-state index contributed by atoms with van der Waals surface area (Å²) in [6.45, 7) is 0. The zero-order valence-electron chi connectivity index (χ0n) is 8.22. The van der Waals surface area contributed by atoms with E-state index in [9.17, 15) is 8.42 Å². The lowest BCUT2D eigenvalue weighted by Crippen LogP contribution is -2.13. The number of nitrogens with two attached hydrogens (primary N) is 1. The molecule has 0 amide bonds. The van der Waals surface area contributed by atoms with Gasteiger partial charge < -0.3 is 5.73 Å². The average Bonchev–Trinajstić information content (AvgIpc) is 2.78. The van der Waals surface area contributed by atoms with Gasteiger partial charge in [0.15, 0.2) is 9.84 Å². The highest BCUT2D eigenvalue weighted by molar-refractivity contribution is 9.10. The van der Waals surface area contributed by atoms with Crippen molar-refractivity contribution in [3.05, 3.63) is 34.3 Å². The number of rotatable bonds is 2. The van der Waals surface area contributed by atoms with Gasteiger partial charge in [0.1, 0.15) is 0 Å². The van der Waals surface area contributed by atoms with E-state index in [0.29, 0.717) is 0 Å². The highest BCUT2D eigenvalue weighted by atomic mass is 79.9. The van der Waals surface area contributed by atoms with Gasteiger partial charge in [-0.3, -0.25) is 0 Å². The van der Waals surface area contributed by atoms with Crippen molar-refractivity contribution in [3.8, 4) is 0 Å². The van der Waals surface area contributed by atoms with Crippen LogP contribution in [0, 0.1) is 0 Å². The second-order valence-electron chi connectivity index (χ2n) is 3.95. The second-order valence-corrected chi connectivity index (χ2v) is 7.07. The number of hydrogen-bond acceptors (Lipinski definition) is 3. The normalized spacial score (nSPS) is 30.2. The van der Waals surface area contributed by atoms with Crippen molar-refractivity contribution < 1.29 is 8.42 Å². The van der Waals surface area contributed by atoms with Crippen molar-refractivity contribution in [1.29, 1.82) is 0 Å². The first kappa shape index (κ1) is 11.1. The molecule has 0 aromatic heterocycles. The quantitative estimate of drug-likeness (QED) is 0.892. The van der Waals surface area contributed by atoms with Crippen molar-refractivity contribution in [3.63, 3.8) is 0 Å². The Hall–Kier alpha value is -0.390. The number of hydrogen-bond donors (Lipinski definition) is 1. The Morgan fingerprint density at radius 2 is 1.80 bits per heavy atom. The molecule has 0 aliphatic heterocycles. The molecule has 2 rings (SSSR count). The van der Waals surface area contributed by atoms with Crippen LogP contribution >= 0.6 is 15.9 Å². The highest BCUT2D eigenvalue weighted by Crippen LogP contribution is 2.44. The van der Waals surface area contributed by atoms with E-state index < -0.39 is 15.1 Å². The molecule has 82 valence electrons. The molecule has 3 unspecified atom stereocenters. The van der Waals surface area contributed by atoms with Gasteiger partial charge in [-0.05, 0) is 17.7 Å². The average molecular weight is 290 g/mol. The van der Waals surface area contributed by atoms with Gasteiger partial charge in [-0.15, -0.1) is 0 Å². The smallest absolute Gasteiger partial charge is 0.152 e. The molecular weight excluding hydrogens is 278 g/mol.